The Morgan fingerprint density at radius 1 is 0.857 bits per heavy atom. The minimum Gasteiger partial charge on any atom is -0.368 e. The van der Waals surface area contributed by atoms with E-state index < -0.39 is 0 Å². The van der Waals surface area contributed by atoms with E-state index in [0.717, 1.165) is 61.2 Å². The molecular formula is C29H33N3O2S. The van der Waals surface area contributed by atoms with Crippen molar-refractivity contribution < 1.29 is 9.59 Å². The molecule has 35 heavy (non-hydrogen) atoms. The number of benzene rings is 3. The molecule has 3 aromatic rings. The highest BCUT2D eigenvalue weighted by Gasteiger charge is 2.39. The Hall–Kier alpha value is -2.83. The second-order valence-electron chi connectivity index (χ2n) is 9.29. The van der Waals surface area contributed by atoms with Gasteiger partial charge in [-0.25, -0.2) is 0 Å². The number of imide groups is 1. The maximum Gasteiger partial charge on any atom is 0.237 e. The van der Waals surface area contributed by atoms with E-state index in [0.29, 0.717) is 6.54 Å². The number of hydrogen-bond donors (Lipinski definition) is 0. The molecule has 5 rings (SSSR count). The number of rotatable bonds is 8. The Morgan fingerprint density at radius 2 is 1.60 bits per heavy atom. The number of amides is 2. The summed E-state index contributed by atoms with van der Waals surface area (Å²) in [5.74, 6) is 0.633. The molecule has 2 aliphatic heterocycles. The Bertz CT molecular complexity index is 1200. The highest BCUT2D eigenvalue weighted by atomic mass is 32.2. The zero-order valence-corrected chi connectivity index (χ0v) is 21.2. The van der Waals surface area contributed by atoms with Crippen molar-refractivity contribution in [2.45, 2.75) is 30.6 Å². The molecule has 2 fully saturated rings. The van der Waals surface area contributed by atoms with E-state index in [1.165, 1.54) is 15.5 Å². The summed E-state index contributed by atoms with van der Waals surface area (Å²) >= 11 is 1.90. The SMILES string of the molecule is CCSc1ccccc1N1CCN(CCCN2C(=O)C[C@H](c3cccc4ccccc34)C2=O)CC1. The molecule has 0 radical (unpaired) electrons. The lowest BCUT2D eigenvalue weighted by molar-refractivity contribution is -0.138. The van der Waals surface area contributed by atoms with Gasteiger partial charge >= 0.3 is 0 Å². The summed E-state index contributed by atoms with van der Waals surface area (Å²) in [6.07, 6.45) is 1.10. The fourth-order valence-corrected chi connectivity index (χ4v) is 6.21. The van der Waals surface area contributed by atoms with Crippen LogP contribution in [0.4, 0.5) is 5.69 Å². The number of thioether (sulfide) groups is 1. The van der Waals surface area contributed by atoms with Crippen LogP contribution in [0.25, 0.3) is 10.8 Å². The molecular weight excluding hydrogens is 454 g/mol. The standard InChI is InChI=1S/C29H33N3O2S/c1-2-35-27-14-6-5-13-26(27)31-19-17-30(18-20-31)15-8-16-32-28(33)21-25(29(32)34)24-12-7-10-22-9-3-4-11-23(22)24/h3-7,9-14,25H,2,8,15-21H2,1H3/t25-/m1/s1. The monoisotopic (exact) mass is 487 g/mol. The van der Waals surface area contributed by atoms with Gasteiger partial charge in [0.15, 0.2) is 0 Å². The molecule has 0 aromatic heterocycles. The Morgan fingerprint density at radius 3 is 2.43 bits per heavy atom. The third kappa shape index (κ3) is 5.09. The van der Waals surface area contributed by atoms with E-state index in [1.807, 2.05) is 42.1 Å². The minimum atomic E-state index is -0.363. The van der Waals surface area contributed by atoms with Crippen LogP contribution in [0.5, 0.6) is 0 Å². The van der Waals surface area contributed by atoms with E-state index in [9.17, 15) is 9.59 Å². The molecule has 2 heterocycles. The molecule has 0 unspecified atom stereocenters. The highest BCUT2D eigenvalue weighted by molar-refractivity contribution is 7.99. The molecule has 3 aromatic carbocycles. The van der Waals surface area contributed by atoms with Gasteiger partial charge < -0.3 is 4.90 Å². The van der Waals surface area contributed by atoms with Gasteiger partial charge in [0.05, 0.1) is 11.6 Å². The first kappa shape index (κ1) is 23.9. The molecule has 2 amide bonds. The fraction of sp³-hybridized carbons (Fsp3) is 0.379. The summed E-state index contributed by atoms with van der Waals surface area (Å²) in [7, 11) is 0. The number of fused-ring (bicyclic) bond motifs is 1. The number of hydrogen-bond acceptors (Lipinski definition) is 5. The van der Waals surface area contributed by atoms with Crippen molar-refractivity contribution in [3.05, 3.63) is 72.3 Å². The smallest absolute Gasteiger partial charge is 0.237 e. The first-order valence-corrected chi connectivity index (χ1v) is 13.6. The van der Waals surface area contributed by atoms with Crippen LogP contribution in [-0.4, -0.2) is 66.6 Å². The largest absolute Gasteiger partial charge is 0.368 e. The van der Waals surface area contributed by atoms with Gasteiger partial charge in [0, 0.05) is 44.0 Å². The van der Waals surface area contributed by atoms with Gasteiger partial charge in [-0.05, 0) is 47.2 Å². The molecule has 0 spiro atoms. The van der Waals surface area contributed by atoms with E-state index >= 15 is 0 Å². The van der Waals surface area contributed by atoms with Crippen molar-refractivity contribution in [3.63, 3.8) is 0 Å². The van der Waals surface area contributed by atoms with Crippen molar-refractivity contribution in [1.82, 2.24) is 9.80 Å². The van der Waals surface area contributed by atoms with Gasteiger partial charge in [0.1, 0.15) is 0 Å². The molecule has 2 saturated heterocycles. The number of carbonyl (C=O) groups is 2. The van der Waals surface area contributed by atoms with Crippen molar-refractivity contribution in [1.29, 1.82) is 0 Å². The lowest BCUT2D eigenvalue weighted by Crippen LogP contribution is -2.47. The summed E-state index contributed by atoms with van der Waals surface area (Å²) in [4.78, 5) is 33.8. The van der Waals surface area contributed by atoms with E-state index in [-0.39, 0.29) is 24.2 Å². The quantitative estimate of drug-likeness (QED) is 0.330. The second kappa shape index (κ2) is 10.8. The molecule has 2 aliphatic rings. The lowest BCUT2D eigenvalue weighted by Gasteiger charge is -2.37. The molecule has 6 heteroatoms. The van der Waals surface area contributed by atoms with Crippen LogP contribution in [-0.2, 0) is 9.59 Å². The topological polar surface area (TPSA) is 43.9 Å². The normalized spacial score (nSPS) is 19.2. The number of likely N-dealkylation sites (tertiary alicyclic amines) is 1. The van der Waals surface area contributed by atoms with Crippen LogP contribution in [0.15, 0.2) is 71.6 Å². The number of piperazine rings is 1. The van der Waals surface area contributed by atoms with Crippen molar-refractivity contribution in [3.8, 4) is 0 Å². The summed E-state index contributed by atoms with van der Waals surface area (Å²) in [5, 5.41) is 2.18. The third-order valence-corrected chi connectivity index (χ3v) is 8.12. The Kier molecular flexibility index (Phi) is 7.40. The first-order chi connectivity index (χ1) is 17.2. The molecule has 0 saturated carbocycles. The highest BCUT2D eigenvalue weighted by Crippen LogP contribution is 2.34. The van der Waals surface area contributed by atoms with Crippen molar-refractivity contribution >= 4 is 40.0 Å². The molecule has 0 bridgehead atoms. The van der Waals surface area contributed by atoms with Crippen molar-refractivity contribution in [2.24, 2.45) is 0 Å². The molecule has 5 nitrogen and oxygen atoms in total. The van der Waals surface area contributed by atoms with Gasteiger partial charge in [0.2, 0.25) is 11.8 Å². The van der Waals surface area contributed by atoms with Gasteiger partial charge in [-0.3, -0.25) is 19.4 Å². The van der Waals surface area contributed by atoms with E-state index in [2.05, 4.69) is 53.1 Å². The maximum atomic E-state index is 13.2. The van der Waals surface area contributed by atoms with Crippen LogP contribution in [0.2, 0.25) is 0 Å². The van der Waals surface area contributed by atoms with E-state index in [1.54, 1.807) is 0 Å². The number of anilines is 1. The minimum absolute atomic E-state index is 0.0391. The Balaban J connectivity index is 1.14. The van der Waals surface area contributed by atoms with E-state index in [4.69, 9.17) is 0 Å². The number of para-hydroxylation sites is 1. The molecule has 182 valence electrons. The zero-order valence-electron chi connectivity index (χ0n) is 20.4. The predicted octanol–water partition coefficient (Wildman–Crippen LogP) is 5.01. The summed E-state index contributed by atoms with van der Waals surface area (Å²) in [6, 6.07) is 22.8. The third-order valence-electron chi connectivity index (χ3n) is 7.18. The van der Waals surface area contributed by atoms with Crippen molar-refractivity contribution in [2.75, 3.05) is 49.9 Å². The van der Waals surface area contributed by atoms with Gasteiger partial charge in [0.25, 0.3) is 0 Å². The predicted molar refractivity (Wildman–Crippen MR) is 144 cm³/mol. The van der Waals surface area contributed by atoms with Crippen LogP contribution in [0, 0.1) is 0 Å². The summed E-state index contributed by atoms with van der Waals surface area (Å²) < 4.78 is 0. The maximum absolute atomic E-state index is 13.2. The fourth-order valence-electron chi connectivity index (χ4n) is 5.38. The zero-order chi connectivity index (χ0) is 24.2. The van der Waals surface area contributed by atoms with Gasteiger partial charge in [-0.1, -0.05) is 61.5 Å². The second-order valence-corrected chi connectivity index (χ2v) is 10.6. The molecule has 0 aliphatic carbocycles. The number of nitrogens with zero attached hydrogens (tertiary/aromatic N) is 3. The average Bonchev–Trinajstić information content (AvgIpc) is 3.17. The van der Waals surface area contributed by atoms with Crippen LogP contribution < -0.4 is 4.90 Å². The number of carbonyl (C=O) groups excluding carboxylic acids is 2. The van der Waals surface area contributed by atoms with Gasteiger partial charge in [-0.15, -0.1) is 11.8 Å². The van der Waals surface area contributed by atoms with Crippen LogP contribution in [0.3, 0.4) is 0 Å². The van der Waals surface area contributed by atoms with Crippen LogP contribution in [0.1, 0.15) is 31.2 Å². The molecule has 1 atom stereocenters. The lowest BCUT2D eigenvalue weighted by atomic mass is 9.92. The van der Waals surface area contributed by atoms with Gasteiger partial charge in [-0.2, -0.15) is 0 Å². The average molecular weight is 488 g/mol. The summed E-state index contributed by atoms with van der Waals surface area (Å²) in [6.45, 7) is 7.64. The summed E-state index contributed by atoms with van der Waals surface area (Å²) in [5.41, 5.74) is 2.31. The first-order valence-electron chi connectivity index (χ1n) is 12.7. The Labute approximate surface area is 212 Å². The van der Waals surface area contributed by atoms with Crippen LogP contribution >= 0.6 is 11.8 Å². The molecule has 0 N–H and O–H groups in total.